The molecule has 1 rings (SSSR count). The zero-order chi connectivity index (χ0) is 13.0. The average molecular weight is 241 g/mol. The Labute approximate surface area is 103 Å². The average Bonchev–Trinajstić information content (AvgIpc) is 2.73. The van der Waals surface area contributed by atoms with Gasteiger partial charge >= 0.3 is 5.97 Å². The van der Waals surface area contributed by atoms with E-state index >= 15 is 0 Å². The molecular formula is C13H23NO3. The molecule has 2 unspecified atom stereocenters. The van der Waals surface area contributed by atoms with Crippen molar-refractivity contribution < 1.29 is 14.7 Å². The summed E-state index contributed by atoms with van der Waals surface area (Å²) in [5.41, 5.74) is 0. The van der Waals surface area contributed by atoms with Crippen LogP contribution >= 0.6 is 0 Å². The fourth-order valence-corrected chi connectivity index (χ4v) is 2.60. The van der Waals surface area contributed by atoms with Crippen LogP contribution in [-0.4, -0.2) is 35.0 Å². The van der Waals surface area contributed by atoms with Gasteiger partial charge in [0.15, 0.2) is 0 Å². The third-order valence-corrected chi connectivity index (χ3v) is 3.43. The lowest BCUT2D eigenvalue weighted by molar-refractivity contribution is -0.149. The SMILES string of the molecule is CCN(CC(C)C)C(=O)C1CCCC1C(=O)O. The summed E-state index contributed by atoms with van der Waals surface area (Å²) >= 11 is 0. The molecule has 1 fully saturated rings. The van der Waals surface area contributed by atoms with Gasteiger partial charge in [0.25, 0.3) is 0 Å². The lowest BCUT2D eigenvalue weighted by Gasteiger charge is -2.27. The van der Waals surface area contributed by atoms with Gasteiger partial charge in [-0.15, -0.1) is 0 Å². The highest BCUT2D eigenvalue weighted by Crippen LogP contribution is 2.33. The van der Waals surface area contributed by atoms with Crippen LogP contribution in [0.25, 0.3) is 0 Å². The zero-order valence-corrected chi connectivity index (χ0v) is 11.0. The van der Waals surface area contributed by atoms with Crippen molar-refractivity contribution in [3.8, 4) is 0 Å². The normalized spacial score (nSPS) is 24.0. The third kappa shape index (κ3) is 3.45. The van der Waals surface area contributed by atoms with Crippen molar-refractivity contribution in [2.45, 2.75) is 40.0 Å². The summed E-state index contributed by atoms with van der Waals surface area (Å²) < 4.78 is 0. The Bertz CT molecular complexity index is 288. The molecule has 1 aliphatic rings. The predicted octanol–water partition coefficient (Wildman–Crippen LogP) is 1.99. The Morgan fingerprint density at radius 2 is 1.88 bits per heavy atom. The maximum absolute atomic E-state index is 12.3. The van der Waals surface area contributed by atoms with E-state index in [0.29, 0.717) is 18.9 Å². The van der Waals surface area contributed by atoms with Gasteiger partial charge in [0.05, 0.1) is 11.8 Å². The largest absolute Gasteiger partial charge is 0.481 e. The first-order valence-corrected chi connectivity index (χ1v) is 6.49. The first kappa shape index (κ1) is 14.0. The summed E-state index contributed by atoms with van der Waals surface area (Å²) in [6, 6.07) is 0. The number of nitrogens with zero attached hydrogens (tertiary/aromatic N) is 1. The Kier molecular flexibility index (Phi) is 4.97. The van der Waals surface area contributed by atoms with Gasteiger partial charge in [-0.1, -0.05) is 20.3 Å². The number of aliphatic carboxylic acids is 1. The third-order valence-electron chi connectivity index (χ3n) is 3.43. The fraction of sp³-hybridized carbons (Fsp3) is 0.846. The highest BCUT2D eigenvalue weighted by atomic mass is 16.4. The van der Waals surface area contributed by atoms with E-state index in [-0.39, 0.29) is 11.8 Å². The molecule has 2 atom stereocenters. The van der Waals surface area contributed by atoms with Crippen molar-refractivity contribution in [1.82, 2.24) is 4.90 Å². The molecule has 4 heteroatoms. The first-order chi connectivity index (χ1) is 7.97. The Balaban J connectivity index is 2.69. The summed E-state index contributed by atoms with van der Waals surface area (Å²) in [6.45, 7) is 7.47. The second-order valence-electron chi connectivity index (χ2n) is 5.25. The van der Waals surface area contributed by atoms with E-state index in [9.17, 15) is 9.59 Å². The minimum absolute atomic E-state index is 0.0334. The van der Waals surface area contributed by atoms with E-state index in [1.165, 1.54) is 0 Å². The maximum Gasteiger partial charge on any atom is 0.307 e. The number of carbonyl (C=O) groups excluding carboxylic acids is 1. The van der Waals surface area contributed by atoms with Crippen LogP contribution in [0.3, 0.4) is 0 Å². The lowest BCUT2D eigenvalue weighted by atomic mass is 9.94. The van der Waals surface area contributed by atoms with Gasteiger partial charge in [-0.3, -0.25) is 9.59 Å². The van der Waals surface area contributed by atoms with Crippen LogP contribution < -0.4 is 0 Å². The number of carboxylic acids is 1. The topological polar surface area (TPSA) is 57.6 Å². The van der Waals surface area contributed by atoms with Gasteiger partial charge in [-0.2, -0.15) is 0 Å². The van der Waals surface area contributed by atoms with Gasteiger partial charge in [0.1, 0.15) is 0 Å². The summed E-state index contributed by atoms with van der Waals surface area (Å²) in [6.07, 6.45) is 2.22. The molecule has 4 nitrogen and oxygen atoms in total. The summed E-state index contributed by atoms with van der Waals surface area (Å²) in [5.74, 6) is -1.13. The van der Waals surface area contributed by atoms with Crippen molar-refractivity contribution in [3.05, 3.63) is 0 Å². The maximum atomic E-state index is 12.3. The van der Waals surface area contributed by atoms with Gasteiger partial charge in [-0.25, -0.2) is 0 Å². The van der Waals surface area contributed by atoms with E-state index in [4.69, 9.17) is 5.11 Å². The summed E-state index contributed by atoms with van der Waals surface area (Å²) in [7, 11) is 0. The van der Waals surface area contributed by atoms with Crippen LogP contribution in [0.1, 0.15) is 40.0 Å². The van der Waals surface area contributed by atoms with Crippen molar-refractivity contribution in [1.29, 1.82) is 0 Å². The summed E-state index contributed by atoms with van der Waals surface area (Å²) in [5, 5.41) is 9.10. The lowest BCUT2D eigenvalue weighted by Crippen LogP contribution is -2.40. The highest BCUT2D eigenvalue weighted by molar-refractivity contribution is 5.85. The van der Waals surface area contributed by atoms with Crippen molar-refractivity contribution in [2.24, 2.45) is 17.8 Å². The van der Waals surface area contributed by atoms with Crippen LogP contribution in [-0.2, 0) is 9.59 Å². The predicted molar refractivity (Wildman–Crippen MR) is 65.6 cm³/mol. The van der Waals surface area contributed by atoms with Crippen molar-refractivity contribution in [3.63, 3.8) is 0 Å². The minimum atomic E-state index is -0.818. The molecule has 0 aromatic rings. The Hall–Kier alpha value is -1.06. The molecule has 98 valence electrons. The molecule has 1 aliphatic carbocycles. The molecule has 0 bridgehead atoms. The van der Waals surface area contributed by atoms with E-state index in [0.717, 1.165) is 19.4 Å². The quantitative estimate of drug-likeness (QED) is 0.800. The molecule has 0 aliphatic heterocycles. The van der Waals surface area contributed by atoms with E-state index in [1.807, 2.05) is 6.92 Å². The molecule has 1 saturated carbocycles. The van der Waals surface area contributed by atoms with Crippen LogP contribution in [0.15, 0.2) is 0 Å². The molecule has 0 heterocycles. The minimum Gasteiger partial charge on any atom is -0.481 e. The number of carboxylic acid groups (broad SMARTS) is 1. The number of hydrogen-bond donors (Lipinski definition) is 1. The number of amides is 1. The molecule has 1 amide bonds. The number of hydrogen-bond acceptors (Lipinski definition) is 2. The van der Waals surface area contributed by atoms with Gasteiger partial charge in [0, 0.05) is 13.1 Å². The first-order valence-electron chi connectivity index (χ1n) is 6.49. The van der Waals surface area contributed by atoms with Crippen LogP contribution in [0.2, 0.25) is 0 Å². The molecule has 17 heavy (non-hydrogen) atoms. The van der Waals surface area contributed by atoms with Gasteiger partial charge < -0.3 is 10.0 Å². The molecule has 1 N–H and O–H groups in total. The molecule has 0 aromatic heterocycles. The van der Waals surface area contributed by atoms with Crippen molar-refractivity contribution in [2.75, 3.05) is 13.1 Å². The number of carbonyl (C=O) groups is 2. The smallest absolute Gasteiger partial charge is 0.307 e. The molecule has 0 saturated heterocycles. The molecule has 0 radical (unpaired) electrons. The molecular weight excluding hydrogens is 218 g/mol. The monoisotopic (exact) mass is 241 g/mol. The highest BCUT2D eigenvalue weighted by Gasteiger charge is 2.39. The Morgan fingerprint density at radius 3 is 2.35 bits per heavy atom. The standard InChI is InChI=1S/C13H23NO3/c1-4-14(8-9(2)3)12(15)10-6-5-7-11(10)13(16)17/h9-11H,4-8H2,1-3H3,(H,16,17). The number of rotatable bonds is 5. The van der Waals surface area contributed by atoms with Crippen LogP contribution in [0, 0.1) is 17.8 Å². The molecule has 0 spiro atoms. The van der Waals surface area contributed by atoms with E-state index in [1.54, 1.807) is 4.90 Å². The second-order valence-corrected chi connectivity index (χ2v) is 5.25. The van der Waals surface area contributed by atoms with E-state index in [2.05, 4.69) is 13.8 Å². The Morgan fingerprint density at radius 1 is 1.29 bits per heavy atom. The summed E-state index contributed by atoms with van der Waals surface area (Å²) in [4.78, 5) is 25.2. The molecule has 0 aromatic carbocycles. The second kappa shape index (κ2) is 6.03. The van der Waals surface area contributed by atoms with E-state index < -0.39 is 11.9 Å². The van der Waals surface area contributed by atoms with Gasteiger partial charge in [-0.05, 0) is 25.7 Å². The van der Waals surface area contributed by atoms with Crippen LogP contribution in [0.4, 0.5) is 0 Å². The van der Waals surface area contributed by atoms with Crippen LogP contribution in [0.5, 0.6) is 0 Å². The van der Waals surface area contributed by atoms with Gasteiger partial charge in [0.2, 0.25) is 5.91 Å². The zero-order valence-electron chi connectivity index (χ0n) is 11.0. The van der Waals surface area contributed by atoms with Crippen molar-refractivity contribution >= 4 is 11.9 Å². The fourth-order valence-electron chi connectivity index (χ4n) is 2.60.